The van der Waals surface area contributed by atoms with Gasteiger partial charge in [-0.05, 0) is 49.7 Å². The summed E-state index contributed by atoms with van der Waals surface area (Å²) in [5.41, 5.74) is 6.15. The third-order valence-corrected chi connectivity index (χ3v) is 5.56. The number of thioether (sulfide) groups is 1. The molecule has 0 fully saturated rings. The number of hydrogen-bond acceptors (Lipinski definition) is 8. The molecule has 2 N–H and O–H groups in total. The summed E-state index contributed by atoms with van der Waals surface area (Å²) >= 11 is 1.67. The van der Waals surface area contributed by atoms with Crippen LogP contribution in [0.5, 0.6) is 17.2 Å². The summed E-state index contributed by atoms with van der Waals surface area (Å²) in [7, 11) is 0. The maximum Gasteiger partial charge on any atom is 0.341 e. The minimum Gasteiger partial charge on any atom is -0.482 e. The Kier molecular flexibility index (Phi) is 5.50. The lowest BCUT2D eigenvalue weighted by Crippen LogP contribution is -2.36. The van der Waals surface area contributed by atoms with Crippen molar-refractivity contribution in [2.24, 2.45) is 5.10 Å². The van der Waals surface area contributed by atoms with Crippen molar-refractivity contribution in [1.29, 1.82) is 0 Å². The number of ether oxygens (including phenoxy) is 3. The summed E-state index contributed by atoms with van der Waals surface area (Å²) in [5, 5.41) is 15.2. The zero-order valence-electron chi connectivity index (χ0n) is 16.0. The number of aliphatic carboxylic acids is 1. The zero-order valence-corrected chi connectivity index (χ0v) is 16.9. The molecule has 0 aliphatic carbocycles. The highest BCUT2D eigenvalue weighted by Crippen LogP contribution is 2.36. The maximum absolute atomic E-state index is 10.7. The number of carboxylic acids is 1. The number of anilines is 1. The Bertz CT molecular complexity index is 965. The van der Waals surface area contributed by atoms with Crippen LogP contribution in [0.2, 0.25) is 0 Å². The summed E-state index contributed by atoms with van der Waals surface area (Å²) in [6.45, 7) is 3.87. The van der Waals surface area contributed by atoms with Gasteiger partial charge >= 0.3 is 5.97 Å². The van der Waals surface area contributed by atoms with Gasteiger partial charge in [0.1, 0.15) is 5.75 Å². The molecular formula is C20H21N3O5S. The number of carboxylic acid groups (broad SMARTS) is 1. The smallest absolute Gasteiger partial charge is 0.341 e. The van der Waals surface area contributed by atoms with E-state index in [1.54, 1.807) is 22.9 Å². The van der Waals surface area contributed by atoms with Gasteiger partial charge in [0.25, 0.3) is 0 Å². The molecule has 0 aromatic heterocycles. The monoisotopic (exact) mass is 415 g/mol. The Labute approximate surface area is 172 Å². The Hall–Kier alpha value is -2.91. The molecule has 0 saturated carbocycles. The SMILES string of the molecule is Cc1cc(SCC2=NN(c3ccc4c(c3)OCO4)NC2C)ccc1OCC(=O)O. The Balaban J connectivity index is 1.39. The van der Waals surface area contributed by atoms with E-state index in [0.717, 1.165) is 39.1 Å². The van der Waals surface area contributed by atoms with Crippen molar-refractivity contribution in [2.75, 3.05) is 24.3 Å². The number of nitrogens with one attached hydrogen (secondary N) is 1. The number of hydrazine groups is 1. The third kappa shape index (κ3) is 4.41. The highest BCUT2D eigenvalue weighted by molar-refractivity contribution is 8.00. The first-order valence-electron chi connectivity index (χ1n) is 9.11. The topological polar surface area (TPSA) is 92.6 Å². The lowest BCUT2D eigenvalue weighted by molar-refractivity contribution is -0.139. The minimum absolute atomic E-state index is 0.104. The maximum atomic E-state index is 10.7. The Morgan fingerprint density at radius 1 is 1.31 bits per heavy atom. The van der Waals surface area contributed by atoms with Gasteiger partial charge in [-0.1, -0.05) is 0 Å². The number of nitrogens with zero attached hydrogens (tertiary/aromatic N) is 2. The molecule has 9 heteroatoms. The summed E-state index contributed by atoms with van der Waals surface area (Å²) in [4.78, 5) is 11.7. The molecule has 2 aliphatic heterocycles. The van der Waals surface area contributed by atoms with E-state index in [2.05, 4.69) is 12.3 Å². The largest absolute Gasteiger partial charge is 0.482 e. The van der Waals surface area contributed by atoms with E-state index >= 15 is 0 Å². The fourth-order valence-electron chi connectivity index (χ4n) is 2.98. The Morgan fingerprint density at radius 3 is 2.93 bits per heavy atom. The van der Waals surface area contributed by atoms with Crippen LogP contribution < -0.4 is 24.8 Å². The predicted octanol–water partition coefficient (Wildman–Crippen LogP) is 3.05. The number of rotatable bonds is 7. The molecule has 152 valence electrons. The summed E-state index contributed by atoms with van der Waals surface area (Å²) < 4.78 is 16.1. The molecule has 1 unspecified atom stereocenters. The first-order valence-corrected chi connectivity index (χ1v) is 10.1. The number of benzene rings is 2. The number of carbonyl (C=O) groups is 1. The van der Waals surface area contributed by atoms with Gasteiger partial charge in [0, 0.05) is 16.7 Å². The van der Waals surface area contributed by atoms with Gasteiger partial charge in [-0.25, -0.2) is 10.2 Å². The molecule has 0 radical (unpaired) electrons. The minimum atomic E-state index is -0.990. The highest BCUT2D eigenvalue weighted by Gasteiger charge is 2.24. The second-order valence-corrected chi connectivity index (χ2v) is 7.74. The van der Waals surface area contributed by atoms with Crippen LogP contribution >= 0.6 is 11.8 Å². The fraction of sp³-hybridized carbons (Fsp3) is 0.300. The molecule has 1 atom stereocenters. The molecule has 2 heterocycles. The molecular weight excluding hydrogens is 394 g/mol. The number of hydrogen-bond donors (Lipinski definition) is 2. The molecule has 2 aromatic carbocycles. The average Bonchev–Trinajstić information content (AvgIpc) is 3.31. The Morgan fingerprint density at radius 2 is 2.14 bits per heavy atom. The van der Waals surface area contributed by atoms with Crippen LogP contribution in [0.4, 0.5) is 5.69 Å². The van der Waals surface area contributed by atoms with E-state index in [0.29, 0.717) is 5.75 Å². The van der Waals surface area contributed by atoms with Crippen LogP contribution in [0, 0.1) is 6.92 Å². The van der Waals surface area contributed by atoms with Gasteiger partial charge in [0.05, 0.1) is 17.4 Å². The summed E-state index contributed by atoms with van der Waals surface area (Å²) in [5.74, 6) is 1.78. The van der Waals surface area contributed by atoms with Gasteiger partial charge in [-0.15, -0.1) is 11.8 Å². The molecule has 0 saturated heterocycles. The first-order chi connectivity index (χ1) is 14.0. The molecule has 2 aliphatic rings. The molecule has 0 spiro atoms. The zero-order chi connectivity index (χ0) is 20.4. The molecule has 4 rings (SSSR count). The first kappa shape index (κ1) is 19.4. The van der Waals surface area contributed by atoms with Crippen LogP contribution in [0.25, 0.3) is 0 Å². The molecule has 0 bridgehead atoms. The van der Waals surface area contributed by atoms with E-state index in [-0.39, 0.29) is 19.4 Å². The second-order valence-electron chi connectivity index (χ2n) is 6.69. The van der Waals surface area contributed by atoms with E-state index in [9.17, 15) is 4.79 Å². The van der Waals surface area contributed by atoms with Crippen molar-refractivity contribution in [2.45, 2.75) is 24.8 Å². The highest BCUT2D eigenvalue weighted by atomic mass is 32.2. The predicted molar refractivity (Wildman–Crippen MR) is 110 cm³/mol. The summed E-state index contributed by atoms with van der Waals surface area (Å²) in [6.07, 6.45) is 0. The van der Waals surface area contributed by atoms with Crippen LogP contribution in [0.1, 0.15) is 12.5 Å². The standard InChI is InChI=1S/C20H21N3O5S/c1-12-7-15(4-6-17(12)26-9-20(24)25)29-10-16-13(2)21-23(22-16)14-3-5-18-19(8-14)28-11-27-18/h3-8,13,21H,9-11H2,1-2H3,(H,24,25). The van der Waals surface area contributed by atoms with Gasteiger partial charge in [0.2, 0.25) is 6.79 Å². The summed E-state index contributed by atoms with van der Waals surface area (Å²) in [6, 6.07) is 11.5. The van der Waals surface area contributed by atoms with E-state index in [1.165, 1.54) is 0 Å². The molecule has 29 heavy (non-hydrogen) atoms. The molecule has 0 amide bonds. The average molecular weight is 415 g/mol. The van der Waals surface area contributed by atoms with E-state index in [4.69, 9.17) is 24.4 Å². The van der Waals surface area contributed by atoms with Gasteiger partial charge in [-0.2, -0.15) is 10.2 Å². The number of hydrazone groups is 1. The van der Waals surface area contributed by atoms with Crippen LogP contribution in [0.15, 0.2) is 46.4 Å². The van der Waals surface area contributed by atoms with Crippen molar-refractivity contribution in [3.63, 3.8) is 0 Å². The van der Waals surface area contributed by atoms with Gasteiger partial charge < -0.3 is 19.3 Å². The van der Waals surface area contributed by atoms with Gasteiger partial charge in [0.15, 0.2) is 18.1 Å². The lowest BCUT2D eigenvalue weighted by Gasteiger charge is -2.15. The third-order valence-electron chi connectivity index (χ3n) is 4.53. The van der Waals surface area contributed by atoms with Crippen molar-refractivity contribution < 1.29 is 24.1 Å². The normalized spacial score (nSPS) is 17.4. The fourth-order valence-corrected chi connectivity index (χ4v) is 4.02. The van der Waals surface area contributed by atoms with Crippen molar-refractivity contribution in [3.05, 3.63) is 42.0 Å². The lowest BCUT2D eigenvalue weighted by atomic mass is 10.2. The van der Waals surface area contributed by atoms with Crippen molar-refractivity contribution >= 4 is 29.1 Å². The quantitative estimate of drug-likeness (QED) is 0.667. The number of aryl methyl sites for hydroxylation is 1. The molecule has 8 nitrogen and oxygen atoms in total. The van der Waals surface area contributed by atoms with E-state index in [1.807, 2.05) is 37.3 Å². The van der Waals surface area contributed by atoms with Crippen LogP contribution in [-0.2, 0) is 4.79 Å². The van der Waals surface area contributed by atoms with E-state index < -0.39 is 5.97 Å². The van der Waals surface area contributed by atoms with Gasteiger partial charge in [-0.3, -0.25) is 0 Å². The van der Waals surface area contributed by atoms with Crippen LogP contribution in [-0.4, -0.2) is 42.0 Å². The van der Waals surface area contributed by atoms with Crippen LogP contribution in [0.3, 0.4) is 0 Å². The van der Waals surface area contributed by atoms with Crippen molar-refractivity contribution in [3.8, 4) is 17.2 Å². The number of fused-ring (bicyclic) bond motifs is 1. The van der Waals surface area contributed by atoms with Crippen molar-refractivity contribution in [1.82, 2.24) is 5.43 Å². The molecule has 2 aromatic rings. The second kappa shape index (κ2) is 8.22.